The van der Waals surface area contributed by atoms with E-state index in [4.69, 9.17) is 0 Å². The van der Waals surface area contributed by atoms with E-state index in [1.165, 1.54) is 25.2 Å². The lowest BCUT2D eigenvalue weighted by molar-refractivity contribution is 0.146. The van der Waals surface area contributed by atoms with Crippen molar-refractivity contribution in [1.29, 1.82) is 0 Å². The van der Waals surface area contributed by atoms with Gasteiger partial charge in [-0.1, -0.05) is 18.2 Å². The molecular weight excluding hydrogens is 397 g/mol. The van der Waals surface area contributed by atoms with E-state index in [0.29, 0.717) is 10.8 Å². The Balaban J connectivity index is 1.81. The van der Waals surface area contributed by atoms with E-state index in [0.717, 1.165) is 23.6 Å². The molecule has 0 amide bonds. The Morgan fingerprint density at radius 3 is 2.47 bits per heavy atom. The highest BCUT2D eigenvalue weighted by Crippen LogP contribution is 2.42. The second-order valence-corrected chi connectivity index (χ2v) is 8.00. The first-order chi connectivity index (χ1) is 14.1. The third kappa shape index (κ3) is 3.28. The highest BCUT2D eigenvalue weighted by molar-refractivity contribution is 5.90. The van der Waals surface area contributed by atoms with Gasteiger partial charge in [0.15, 0.2) is 5.82 Å². The van der Waals surface area contributed by atoms with Crippen LogP contribution in [0.4, 0.5) is 19.0 Å². The number of rotatable bonds is 5. The molecule has 1 N–H and O–H groups in total. The van der Waals surface area contributed by atoms with Crippen LogP contribution in [0.3, 0.4) is 0 Å². The van der Waals surface area contributed by atoms with Crippen LogP contribution in [0.15, 0.2) is 40.1 Å². The third-order valence-corrected chi connectivity index (χ3v) is 5.75. The number of nitrogens with one attached hydrogen (secondary N) is 1. The molecule has 0 radical (unpaired) electrons. The summed E-state index contributed by atoms with van der Waals surface area (Å²) in [6.07, 6.45) is 0.316. The van der Waals surface area contributed by atoms with E-state index in [9.17, 15) is 22.8 Å². The molecule has 0 saturated heterocycles. The second-order valence-electron chi connectivity index (χ2n) is 8.00. The van der Waals surface area contributed by atoms with Crippen LogP contribution >= 0.6 is 0 Å². The van der Waals surface area contributed by atoms with Gasteiger partial charge < -0.3 is 9.88 Å². The first kappa shape index (κ1) is 20.2. The average molecular weight is 418 g/mol. The molecule has 1 fully saturated rings. The smallest absolute Gasteiger partial charge is 0.275 e. The molecule has 3 aromatic rings. The molecule has 30 heavy (non-hydrogen) atoms. The lowest BCUT2D eigenvalue weighted by atomic mass is 10.0. The minimum absolute atomic E-state index is 0.0374. The monoisotopic (exact) mass is 418 g/mol. The predicted molar refractivity (Wildman–Crippen MR) is 108 cm³/mol. The van der Waals surface area contributed by atoms with Crippen molar-refractivity contribution in [2.75, 3.05) is 5.32 Å². The van der Waals surface area contributed by atoms with Crippen molar-refractivity contribution in [3.63, 3.8) is 0 Å². The van der Waals surface area contributed by atoms with Crippen molar-refractivity contribution in [1.82, 2.24) is 14.3 Å². The fourth-order valence-electron chi connectivity index (χ4n) is 3.63. The van der Waals surface area contributed by atoms with Crippen molar-refractivity contribution >= 4 is 16.6 Å². The van der Waals surface area contributed by atoms with Crippen LogP contribution in [0.5, 0.6) is 0 Å². The third-order valence-electron chi connectivity index (χ3n) is 5.75. The molecule has 0 unspecified atom stereocenters. The lowest BCUT2D eigenvalue weighted by Gasteiger charge is -2.20. The van der Waals surface area contributed by atoms with E-state index in [2.05, 4.69) is 10.4 Å². The molecule has 158 valence electrons. The van der Waals surface area contributed by atoms with E-state index >= 15 is 0 Å². The summed E-state index contributed by atoms with van der Waals surface area (Å²) in [5.74, 6) is -0.794. The summed E-state index contributed by atoms with van der Waals surface area (Å²) in [5, 5.41) is 7.76. The Morgan fingerprint density at radius 2 is 1.83 bits per heavy atom. The van der Waals surface area contributed by atoms with Gasteiger partial charge in [-0.2, -0.15) is 5.10 Å². The molecule has 9 heteroatoms. The number of aryl methyl sites for hydroxylation is 1. The van der Waals surface area contributed by atoms with Crippen LogP contribution < -0.4 is 16.4 Å². The van der Waals surface area contributed by atoms with Crippen molar-refractivity contribution in [2.45, 2.75) is 44.7 Å². The molecule has 1 aliphatic carbocycles. The van der Waals surface area contributed by atoms with Crippen molar-refractivity contribution in [2.24, 2.45) is 7.05 Å². The fourth-order valence-corrected chi connectivity index (χ4v) is 3.63. The Bertz CT molecular complexity index is 1260. The molecule has 2 heterocycles. The molecule has 1 saturated carbocycles. The summed E-state index contributed by atoms with van der Waals surface area (Å²) in [6.45, 7) is 3.55. The van der Waals surface area contributed by atoms with Crippen molar-refractivity contribution in [3.8, 4) is 0 Å². The van der Waals surface area contributed by atoms with Gasteiger partial charge in [-0.25, -0.2) is 17.9 Å². The number of halogens is 3. The first-order valence-corrected chi connectivity index (χ1v) is 9.59. The minimum atomic E-state index is -2.93. The molecule has 0 bridgehead atoms. The van der Waals surface area contributed by atoms with Gasteiger partial charge in [0, 0.05) is 35.8 Å². The maximum atomic E-state index is 14.5. The number of alkyl halides is 2. The largest absolute Gasteiger partial charge is 0.361 e. The summed E-state index contributed by atoms with van der Waals surface area (Å²) in [6, 6.07) is 4.41. The number of hydrogen-bond donors (Lipinski definition) is 1. The van der Waals surface area contributed by atoms with E-state index in [1.54, 1.807) is 17.7 Å². The Morgan fingerprint density at radius 1 is 1.17 bits per heavy atom. The Kier molecular flexibility index (Phi) is 4.71. The summed E-state index contributed by atoms with van der Waals surface area (Å²) >= 11 is 0. The zero-order chi connectivity index (χ0) is 21.8. The molecule has 1 aliphatic rings. The summed E-state index contributed by atoms with van der Waals surface area (Å²) in [5.41, 5.74) is -1.57. The van der Waals surface area contributed by atoms with E-state index in [1.807, 2.05) is 6.92 Å². The van der Waals surface area contributed by atoms with Crippen LogP contribution in [-0.4, -0.2) is 14.3 Å². The minimum Gasteiger partial charge on any atom is -0.361 e. The molecule has 0 aliphatic heterocycles. The van der Waals surface area contributed by atoms with Crippen LogP contribution in [0.1, 0.15) is 50.3 Å². The average Bonchev–Trinajstić information content (AvgIpc) is 3.43. The summed E-state index contributed by atoms with van der Waals surface area (Å²) in [7, 11) is 1.48. The van der Waals surface area contributed by atoms with Gasteiger partial charge in [-0.15, -0.1) is 0 Å². The molecule has 6 nitrogen and oxygen atoms in total. The topological polar surface area (TPSA) is 68.9 Å². The summed E-state index contributed by atoms with van der Waals surface area (Å²) < 4.78 is 43.3. The molecule has 2 aromatic heterocycles. The lowest BCUT2D eigenvalue weighted by Crippen LogP contribution is -2.30. The Hall–Kier alpha value is -3.10. The highest BCUT2D eigenvalue weighted by atomic mass is 19.3. The number of anilines is 1. The number of aromatic nitrogens is 3. The van der Waals surface area contributed by atoms with Gasteiger partial charge in [0.25, 0.3) is 17.5 Å². The van der Waals surface area contributed by atoms with Gasteiger partial charge in [0.05, 0.1) is 17.0 Å². The molecular formula is C21H21F3N4O2. The van der Waals surface area contributed by atoms with Gasteiger partial charge in [-0.3, -0.25) is 9.59 Å². The normalized spacial score (nSPS) is 16.1. The zero-order valence-electron chi connectivity index (χ0n) is 16.7. The zero-order valence-corrected chi connectivity index (χ0v) is 16.7. The van der Waals surface area contributed by atoms with Crippen molar-refractivity contribution in [3.05, 3.63) is 68.1 Å². The molecule has 1 aromatic carbocycles. The number of fused-ring (bicyclic) bond motifs is 1. The van der Waals surface area contributed by atoms with Gasteiger partial charge in [0.2, 0.25) is 0 Å². The maximum Gasteiger partial charge on any atom is 0.275 e. The predicted octanol–water partition coefficient (Wildman–Crippen LogP) is 3.85. The van der Waals surface area contributed by atoms with Crippen molar-refractivity contribution < 1.29 is 13.2 Å². The standard InChI is InChI=1S/C21H21F3N4O2/c1-11(12-5-4-6-13(17(12)22)18(23)24)25-19-14-9-16(29)28(21(2)7-8-21)10-15(14)20(30)27(3)26-19/h4-6,9-11,18H,7-8H2,1-3H3,(H,25,26)/t11-/m1/s1. The second kappa shape index (κ2) is 7.00. The van der Waals surface area contributed by atoms with Crippen LogP contribution in [0.25, 0.3) is 10.8 Å². The SMILES string of the molecule is C[C@@H](Nc1nn(C)c(=O)c2cn(C3(C)CC3)c(=O)cc12)c1cccc(C(F)F)c1F. The van der Waals surface area contributed by atoms with Crippen LogP contribution in [0.2, 0.25) is 0 Å². The fraction of sp³-hybridized carbons (Fsp3) is 0.381. The Labute approximate surface area is 170 Å². The summed E-state index contributed by atoms with van der Waals surface area (Å²) in [4.78, 5) is 25.3. The highest BCUT2D eigenvalue weighted by Gasteiger charge is 2.40. The maximum absolute atomic E-state index is 14.5. The molecule has 4 rings (SSSR count). The number of pyridine rings is 1. The number of nitrogens with zero attached hydrogens (tertiary/aromatic N) is 3. The van der Waals surface area contributed by atoms with E-state index in [-0.39, 0.29) is 28.0 Å². The van der Waals surface area contributed by atoms with E-state index < -0.39 is 23.8 Å². The molecule has 0 spiro atoms. The molecule has 1 atom stereocenters. The van der Waals surface area contributed by atoms with Crippen LogP contribution in [0, 0.1) is 5.82 Å². The number of benzene rings is 1. The van der Waals surface area contributed by atoms with Gasteiger partial charge >= 0.3 is 0 Å². The van der Waals surface area contributed by atoms with Gasteiger partial charge in [0.1, 0.15) is 5.82 Å². The van der Waals surface area contributed by atoms with Crippen LogP contribution in [-0.2, 0) is 12.6 Å². The van der Waals surface area contributed by atoms with Gasteiger partial charge in [-0.05, 0) is 26.7 Å². The first-order valence-electron chi connectivity index (χ1n) is 9.59. The quantitative estimate of drug-likeness (QED) is 0.683. The number of hydrogen-bond acceptors (Lipinski definition) is 4.